The average molecular weight is 320 g/mol. The van der Waals surface area contributed by atoms with Gasteiger partial charge < -0.3 is 4.74 Å². The van der Waals surface area contributed by atoms with Crippen LogP contribution in [0.15, 0.2) is 28.6 Å². The van der Waals surface area contributed by atoms with E-state index in [1.54, 1.807) is 0 Å². The van der Waals surface area contributed by atoms with E-state index in [2.05, 4.69) is 9.26 Å². The molecular weight excluding hydrogens is 296 g/mol. The first-order valence-corrected chi connectivity index (χ1v) is 10.3. The highest BCUT2D eigenvalue weighted by Gasteiger charge is 2.42. The van der Waals surface area contributed by atoms with Crippen molar-refractivity contribution in [1.29, 1.82) is 0 Å². The van der Waals surface area contributed by atoms with Crippen LogP contribution in [-0.4, -0.2) is 45.8 Å². The van der Waals surface area contributed by atoms with E-state index in [0.717, 1.165) is 48.4 Å². The number of rotatable bonds is 5. The molecule has 2 heterocycles. The molecule has 120 valence electrons. The lowest BCUT2D eigenvalue weighted by molar-refractivity contribution is 0.215. The SMILES string of the molecule is O=S1(=Nc2cccc(OCC3CN3C3CCC3)c2)CCCC1. The highest BCUT2D eigenvalue weighted by molar-refractivity contribution is 7.93. The van der Waals surface area contributed by atoms with Crippen LogP contribution in [0.2, 0.25) is 0 Å². The lowest BCUT2D eigenvalue weighted by Gasteiger charge is -2.27. The van der Waals surface area contributed by atoms with Gasteiger partial charge in [0.25, 0.3) is 0 Å². The maximum Gasteiger partial charge on any atom is 0.121 e. The van der Waals surface area contributed by atoms with E-state index in [4.69, 9.17) is 4.74 Å². The van der Waals surface area contributed by atoms with Crippen LogP contribution in [-0.2, 0) is 9.73 Å². The first-order chi connectivity index (χ1) is 10.7. The van der Waals surface area contributed by atoms with Crippen LogP contribution in [0, 0.1) is 0 Å². The van der Waals surface area contributed by atoms with Crippen molar-refractivity contribution >= 4 is 15.4 Å². The standard InChI is InChI=1S/C17H24N2O2S/c20-22(9-1-2-10-22)18-14-5-3-8-17(11-14)21-13-16-12-19(16)15-6-4-7-15/h3,5,8,11,15-16H,1-2,4,6-7,9-10,12-13H2. The molecule has 2 atom stereocenters. The summed E-state index contributed by atoms with van der Waals surface area (Å²) in [4.78, 5) is 2.55. The molecule has 0 bridgehead atoms. The Labute approximate surface area is 133 Å². The topological polar surface area (TPSA) is 41.7 Å². The predicted molar refractivity (Wildman–Crippen MR) is 89.3 cm³/mol. The van der Waals surface area contributed by atoms with Gasteiger partial charge in [-0.3, -0.25) is 4.90 Å². The zero-order valence-corrected chi connectivity index (χ0v) is 13.8. The molecule has 22 heavy (non-hydrogen) atoms. The Morgan fingerprint density at radius 2 is 2.05 bits per heavy atom. The molecule has 0 spiro atoms. The van der Waals surface area contributed by atoms with Gasteiger partial charge in [-0.25, -0.2) is 4.21 Å². The number of benzene rings is 1. The van der Waals surface area contributed by atoms with E-state index < -0.39 is 9.73 Å². The molecule has 4 rings (SSSR count). The Morgan fingerprint density at radius 1 is 1.23 bits per heavy atom. The van der Waals surface area contributed by atoms with Gasteiger partial charge in [0.15, 0.2) is 0 Å². The van der Waals surface area contributed by atoms with Gasteiger partial charge >= 0.3 is 0 Å². The number of hydrogen-bond donors (Lipinski definition) is 0. The predicted octanol–water partition coefficient (Wildman–Crippen LogP) is 3.20. The van der Waals surface area contributed by atoms with Crippen molar-refractivity contribution < 1.29 is 8.95 Å². The van der Waals surface area contributed by atoms with Gasteiger partial charge in [0.1, 0.15) is 12.4 Å². The zero-order valence-electron chi connectivity index (χ0n) is 12.9. The van der Waals surface area contributed by atoms with E-state index in [9.17, 15) is 4.21 Å². The molecule has 5 heteroatoms. The molecule has 0 N–H and O–H groups in total. The zero-order chi connectivity index (χ0) is 15.0. The second-order valence-electron chi connectivity index (χ2n) is 6.72. The molecular formula is C17H24N2O2S. The fourth-order valence-corrected chi connectivity index (χ4v) is 5.57. The van der Waals surface area contributed by atoms with E-state index >= 15 is 0 Å². The molecule has 2 unspecified atom stereocenters. The molecule has 1 aliphatic carbocycles. The van der Waals surface area contributed by atoms with Gasteiger partial charge in [0, 0.05) is 30.2 Å². The van der Waals surface area contributed by atoms with E-state index in [1.807, 2.05) is 24.3 Å². The summed E-state index contributed by atoms with van der Waals surface area (Å²) in [5.41, 5.74) is 0.802. The fraction of sp³-hybridized carbons (Fsp3) is 0.647. The molecule has 2 saturated heterocycles. The summed E-state index contributed by atoms with van der Waals surface area (Å²) < 4.78 is 22.9. The van der Waals surface area contributed by atoms with Crippen molar-refractivity contribution in [1.82, 2.24) is 4.90 Å². The van der Waals surface area contributed by atoms with Gasteiger partial charge in [-0.15, -0.1) is 0 Å². The number of ether oxygens (including phenoxy) is 1. The van der Waals surface area contributed by atoms with Gasteiger partial charge in [0.2, 0.25) is 0 Å². The van der Waals surface area contributed by atoms with Gasteiger partial charge in [-0.05, 0) is 37.8 Å². The van der Waals surface area contributed by atoms with Crippen molar-refractivity contribution in [2.45, 2.75) is 44.2 Å². The molecule has 0 radical (unpaired) electrons. The summed E-state index contributed by atoms with van der Waals surface area (Å²) in [6, 6.07) is 9.19. The Bertz CT molecular complexity index is 650. The number of hydrogen-bond acceptors (Lipinski definition) is 4. The molecule has 4 nitrogen and oxygen atoms in total. The first kappa shape index (κ1) is 14.5. The monoisotopic (exact) mass is 320 g/mol. The number of nitrogens with zero attached hydrogens (tertiary/aromatic N) is 2. The van der Waals surface area contributed by atoms with Crippen LogP contribution < -0.4 is 4.74 Å². The maximum absolute atomic E-state index is 12.5. The summed E-state index contributed by atoms with van der Waals surface area (Å²) in [5.74, 6) is 2.34. The Morgan fingerprint density at radius 3 is 2.77 bits per heavy atom. The van der Waals surface area contributed by atoms with Crippen LogP contribution in [0.3, 0.4) is 0 Å². The average Bonchev–Trinajstić information content (AvgIpc) is 3.06. The second kappa shape index (κ2) is 5.85. The smallest absolute Gasteiger partial charge is 0.121 e. The third-order valence-electron chi connectivity index (χ3n) is 5.01. The normalized spacial score (nSPS) is 29.8. The van der Waals surface area contributed by atoms with E-state index in [0.29, 0.717) is 6.04 Å². The van der Waals surface area contributed by atoms with Crippen molar-refractivity contribution in [3.05, 3.63) is 24.3 Å². The summed E-state index contributed by atoms with van der Waals surface area (Å²) in [7, 11) is -2.00. The molecule has 3 fully saturated rings. The van der Waals surface area contributed by atoms with Crippen molar-refractivity contribution in [2.75, 3.05) is 24.7 Å². The maximum atomic E-state index is 12.5. The molecule has 2 aliphatic heterocycles. The molecule has 1 saturated carbocycles. The highest BCUT2D eigenvalue weighted by atomic mass is 32.2. The third-order valence-corrected chi connectivity index (χ3v) is 7.41. The Kier molecular flexibility index (Phi) is 3.86. The van der Waals surface area contributed by atoms with E-state index in [-0.39, 0.29) is 0 Å². The second-order valence-corrected chi connectivity index (χ2v) is 9.27. The largest absolute Gasteiger partial charge is 0.492 e. The molecule has 0 aromatic heterocycles. The van der Waals surface area contributed by atoms with Crippen LogP contribution in [0.1, 0.15) is 32.1 Å². The van der Waals surface area contributed by atoms with Crippen molar-refractivity contribution in [3.63, 3.8) is 0 Å². The van der Waals surface area contributed by atoms with Gasteiger partial charge in [-0.1, -0.05) is 12.5 Å². The summed E-state index contributed by atoms with van der Waals surface area (Å²) in [5, 5.41) is 0. The lowest BCUT2D eigenvalue weighted by atomic mass is 9.93. The van der Waals surface area contributed by atoms with Gasteiger partial charge in [0.05, 0.1) is 21.5 Å². The Hall–Kier alpha value is -1.07. The first-order valence-electron chi connectivity index (χ1n) is 8.43. The quantitative estimate of drug-likeness (QED) is 0.782. The molecule has 0 amide bonds. The minimum Gasteiger partial charge on any atom is -0.492 e. The lowest BCUT2D eigenvalue weighted by Crippen LogP contribution is -2.29. The van der Waals surface area contributed by atoms with Crippen molar-refractivity contribution in [2.24, 2.45) is 4.36 Å². The Balaban J connectivity index is 1.37. The minimum atomic E-state index is -2.00. The molecule has 1 aromatic carbocycles. The van der Waals surface area contributed by atoms with Crippen LogP contribution >= 0.6 is 0 Å². The molecule has 3 aliphatic rings. The third kappa shape index (κ3) is 3.15. The summed E-state index contributed by atoms with van der Waals surface area (Å²) in [6.45, 7) is 1.94. The fourth-order valence-electron chi connectivity index (χ4n) is 3.37. The highest BCUT2D eigenvalue weighted by Crippen LogP contribution is 2.34. The van der Waals surface area contributed by atoms with Crippen molar-refractivity contribution in [3.8, 4) is 5.75 Å². The van der Waals surface area contributed by atoms with Crippen LogP contribution in [0.25, 0.3) is 0 Å². The molecule has 1 aromatic rings. The minimum absolute atomic E-state index is 0.595. The van der Waals surface area contributed by atoms with Gasteiger partial charge in [-0.2, -0.15) is 4.36 Å². The van der Waals surface area contributed by atoms with E-state index in [1.165, 1.54) is 25.8 Å². The van der Waals surface area contributed by atoms with Crippen LogP contribution in [0.4, 0.5) is 5.69 Å². The van der Waals surface area contributed by atoms with Crippen LogP contribution in [0.5, 0.6) is 5.75 Å². The summed E-state index contributed by atoms with van der Waals surface area (Å²) in [6.07, 6.45) is 6.18. The summed E-state index contributed by atoms with van der Waals surface area (Å²) >= 11 is 0.